The summed E-state index contributed by atoms with van der Waals surface area (Å²) in [4.78, 5) is 46.5. The van der Waals surface area contributed by atoms with Crippen LogP contribution in [0.4, 0.5) is 4.79 Å². The number of hydrogen-bond acceptors (Lipinski definition) is 5. The minimum atomic E-state index is -0.888. The Kier molecular flexibility index (Phi) is 8.99. The van der Waals surface area contributed by atoms with Crippen molar-refractivity contribution in [2.45, 2.75) is 32.4 Å². The van der Waals surface area contributed by atoms with E-state index >= 15 is 0 Å². The van der Waals surface area contributed by atoms with E-state index in [0.717, 1.165) is 11.1 Å². The summed E-state index contributed by atoms with van der Waals surface area (Å²) < 4.78 is 5.22. The summed E-state index contributed by atoms with van der Waals surface area (Å²) in [6, 6.07) is 17.6. The molecule has 2 N–H and O–H groups in total. The van der Waals surface area contributed by atoms with Crippen molar-refractivity contribution in [2.75, 3.05) is 0 Å². The van der Waals surface area contributed by atoms with Crippen LogP contribution in [0.15, 0.2) is 72.4 Å². The molecule has 0 aliphatic carbocycles. The number of carbonyl (C=O) groups is 4. The number of rotatable bonds is 10. The molecule has 2 amide bonds. The van der Waals surface area contributed by atoms with Gasteiger partial charge in [-0.1, -0.05) is 66.7 Å². The molecule has 30 heavy (non-hydrogen) atoms. The zero-order chi connectivity index (χ0) is 21.8. The largest absolute Gasteiger partial charge is 0.445 e. The van der Waals surface area contributed by atoms with E-state index in [1.54, 1.807) is 6.92 Å². The van der Waals surface area contributed by atoms with Crippen LogP contribution < -0.4 is 10.6 Å². The van der Waals surface area contributed by atoms with Crippen molar-refractivity contribution in [2.24, 2.45) is 0 Å². The molecule has 0 fully saturated rings. The van der Waals surface area contributed by atoms with Crippen LogP contribution in [0.25, 0.3) is 0 Å². The first kappa shape index (κ1) is 22.5. The van der Waals surface area contributed by atoms with E-state index in [1.165, 1.54) is 6.08 Å². The third-order valence-corrected chi connectivity index (χ3v) is 4.17. The van der Waals surface area contributed by atoms with Crippen molar-refractivity contribution in [3.8, 4) is 0 Å². The van der Waals surface area contributed by atoms with Gasteiger partial charge in [-0.3, -0.25) is 14.4 Å². The Balaban J connectivity index is 2.01. The van der Waals surface area contributed by atoms with Gasteiger partial charge in [-0.2, -0.15) is 0 Å². The molecule has 2 aromatic carbocycles. The maximum absolute atomic E-state index is 12.7. The van der Waals surface area contributed by atoms with Crippen LogP contribution in [0.2, 0.25) is 0 Å². The molecule has 0 aliphatic heterocycles. The Morgan fingerprint density at radius 3 is 2.17 bits per heavy atom. The van der Waals surface area contributed by atoms with Gasteiger partial charge in [0, 0.05) is 18.5 Å². The fourth-order valence-corrected chi connectivity index (χ4v) is 2.60. The first-order chi connectivity index (χ1) is 14.5. The average molecular weight is 408 g/mol. The molecule has 156 valence electrons. The van der Waals surface area contributed by atoms with Crippen LogP contribution in [0, 0.1) is 0 Å². The molecule has 2 rings (SSSR count). The molecule has 7 heteroatoms. The fraction of sp³-hybridized carbons (Fsp3) is 0.217. The highest BCUT2D eigenvalue weighted by Gasteiger charge is 2.22. The minimum absolute atomic E-state index is 0.0824. The fourth-order valence-electron chi connectivity index (χ4n) is 2.60. The number of nitrogens with one attached hydrogen (secondary N) is 2. The Hall–Kier alpha value is -3.74. The van der Waals surface area contributed by atoms with Gasteiger partial charge in [-0.15, -0.1) is 0 Å². The average Bonchev–Trinajstić information content (AvgIpc) is 2.77. The summed E-state index contributed by atoms with van der Waals surface area (Å²) in [5, 5.41) is 5.24. The van der Waals surface area contributed by atoms with E-state index in [-0.39, 0.29) is 25.7 Å². The summed E-state index contributed by atoms with van der Waals surface area (Å²) >= 11 is 0. The second-order valence-electron chi connectivity index (χ2n) is 6.61. The van der Waals surface area contributed by atoms with Crippen LogP contribution in [0.3, 0.4) is 0 Å². The Morgan fingerprint density at radius 2 is 1.57 bits per heavy atom. The number of ether oxygens (including phenoxy) is 1. The van der Waals surface area contributed by atoms with Gasteiger partial charge >= 0.3 is 6.09 Å². The molecule has 2 aromatic rings. The standard InChI is InChI=1S/C23H24N2O5/c1-17(12-13-20(27)15-26)24-22(28)21(14-18-8-4-2-5-9-18)25-23(29)30-16-19-10-6-3-7-11-19/h2-12,15,21H,13-14,16H2,1H3,(H,24,28)(H,25,29). The van der Waals surface area contributed by atoms with Crippen molar-refractivity contribution in [1.82, 2.24) is 10.6 Å². The highest BCUT2D eigenvalue weighted by molar-refractivity contribution is 6.25. The van der Waals surface area contributed by atoms with Crippen LogP contribution >= 0.6 is 0 Å². The van der Waals surface area contributed by atoms with Crippen molar-refractivity contribution in [3.05, 3.63) is 83.6 Å². The molecule has 0 bridgehead atoms. The smallest absolute Gasteiger partial charge is 0.408 e. The maximum atomic E-state index is 12.7. The normalized spacial score (nSPS) is 11.8. The monoisotopic (exact) mass is 408 g/mol. The third kappa shape index (κ3) is 8.10. The minimum Gasteiger partial charge on any atom is -0.445 e. The summed E-state index contributed by atoms with van der Waals surface area (Å²) in [5.41, 5.74) is 2.10. The molecule has 0 saturated heterocycles. The number of Topliss-reactive ketones (excluding diaryl/α,β-unsaturated/α-hetero) is 1. The Bertz CT molecular complexity index is 894. The topological polar surface area (TPSA) is 102 Å². The zero-order valence-electron chi connectivity index (χ0n) is 16.7. The molecule has 0 aromatic heterocycles. The van der Waals surface area contributed by atoms with Crippen molar-refractivity contribution >= 4 is 24.1 Å². The SMILES string of the molecule is CC(=CCC(=O)C=O)NC(=O)C(Cc1ccccc1)NC(=O)OCc1ccccc1. The van der Waals surface area contributed by atoms with Gasteiger partial charge in [0.2, 0.25) is 5.91 Å². The van der Waals surface area contributed by atoms with Crippen LogP contribution in [-0.2, 0) is 32.1 Å². The maximum Gasteiger partial charge on any atom is 0.408 e. The summed E-state index contributed by atoms with van der Waals surface area (Å²) in [5.74, 6) is -1.05. The van der Waals surface area contributed by atoms with Crippen LogP contribution in [0.5, 0.6) is 0 Å². The number of allylic oxidation sites excluding steroid dienone is 2. The second-order valence-corrected chi connectivity index (χ2v) is 6.61. The van der Waals surface area contributed by atoms with Gasteiger partial charge in [0.15, 0.2) is 12.1 Å². The quantitative estimate of drug-likeness (QED) is 0.465. The molecule has 7 nitrogen and oxygen atoms in total. The predicted octanol–water partition coefficient (Wildman–Crippen LogP) is 2.70. The van der Waals surface area contributed by atoms with E-state index in [2.05, 4.69) is 10.6 Å². The highest BCUT2D eigenvalue weighted by Crippen LogP contribution is 2.06. The lowest BCUT2D eigenvalue weighted by Gasteiger charge is -2.19. The lowest BCUT2D eigenvalue weighted by atomic mass is 10.1. The van der Waals surface area contributed by atoms with Crippen molar-refractivity contribution in [3.63, 3.8) is 0 Å². The number of benzene rings is 2. The van der Waals surface area contributed by atoms with E-state index in [1.807, 2.05) is 60.7 Å². The molecule has 0 aliphatic rings. The lowest BCUT2D eigenvalue weighted by molar-refractivity contribution is -0.129. The van der Waals surface area contributed by atoms with Crippen LogP contribution in [0.1, 0.15) is 24.5 Å². The van der Waals surface area contributed by atoms with Gasteiger partial charge in [-0.05, 0) is 18.1 Å². The molecule has 0 spiro atoms. The van der Waals surface area contributed by atoms with Crippen molar-refractivity contribution in [1.29, 1.82) is 0 Å². The highest BCUT2D eigenvalue weighted by atomic mass is 16.5. The zero-order valence-corrected chi connectivity index (χ0v) is 16.7. The van der Waals surface area contributed by atoms with Gasteiger partial charge in [0.1, 0.15) is 12.6 Å². The van der Waals surface area contributed by atoms with E-state index in [0.29, 0.717) is 5.70 Å². The van der Waals surface area contributed by atoms with Crippen LogP contribution in [-0.4, -0.2) is 30.1 Å². The molecule has 0 saturated carbocycles. The molecular formula is C23H24N2O5. The number of aldehydes is 1. The van der Waals surface area contributed by atoms with E-state index in [4.69, 9.17) is 4.74 Å². The molecule has 1 atom stereocenters. The molecule has 0 radical (unpaired) electrons. The molecule has 0 heterocycles. The third-order valence-electron chi connectivity index (χ3n) is 4.17. The first-order valence-corrected chi connectivity index (χ1v) is 9.44. The van der Waals surface area contributed by atoms with E-state index in [9.17, 15) is 19.2 Å². The number of carbonyl (C=O) groups excluding carboxylic acids is 4. The molecule has 1 unspecified atom stereocenters. The van der Waals surface area contributed by atoms with E-state index < -0.39 is 23.8 Å². The number of amides is 2. The predicted molar refractivity (Wildman–Crippen MR) is 111 cm³/mol. The second kappa shape index (κ2) is 12.0. The van der Waals surface area contributed by atoms with Gasteiger partial charge < -0.3 is 15.4 Å². The summed E-state index contributed by atoms with van der Waals surface area (Å²) in [6.45, 7) is 1.68. The number of hydrogen-bond donors (Lipinski definition) is 2. The lowest BCUT2D eigenvalue weighted by Crippen LogP contribution is -2.47. The Labute approximate surface area is 175 Å². The molecular weight excluding hydrogens is 384 g/mol. The number of ketones is 1. The first-order valence-electron chi connectivity index (χ1n) is 9.44. The Morgan fingerprint density at radius 1 is 0.967 bits per heavy atom. The van der Waals surface area contributed by atoms with Gasteiger partial charge in [-0.25, -0.2) is 4.79 Å². The summed E-state index contributed by atoms with van der Waals surface area (Å²) in [7, 11) is 0. The van der Waals surface area contributed by atoms with Gasteiger partial charge in [0.25, 0.3) is 0 Å². The van der Waals surface area contributed by atoms with Gasteiger partial charge in [0.05, 0.1) is 0 Å². The summed E-state index contributed by atoms with van der Waals surface area (Å²) in [6.07, 6.45) is 1.11. The van der Waals surface area contributed by atoms with Crippen molar-refractivity contribution < 1.29 is 23.9 Å². The number of alkyl carbamates (subject to hydrolysis) is 1.